The van der Waals surface area contributed by atoms with E-state index in [0.29, 0.717) is 6.61 Å². The lowest BCUT2D eigenvalue weighted by Gasteiger charge is -2.40. The molecular formula is C12H19NO2. The lowest BCUT2D eigenvalue weighted by atomic mass is 9.64. The molecule has 1 aromatic heterocycles. The van der Waals surface area contributed by atoms with Crippen molar-refractivity contribution in [1.82, 2.24) is 0 Å². The molecule has 1 saturated carbocycles. The quantitative estimate of drug-likeness (QED) is 0.808. The molecule has 0 amide bonds. The largest absolute Gasteiger partial charge is 0.468 e. The van der Waals surface area contributed by atoms with E-state index >= 15 is 0 Å². The van der Waals surface area contributed by atoms with Crippen LogP contribution in [0.3, 0.4) is 0 Å². The summed E-state index contributed by atoms with van der Waals surface area (Å²) in [5.41, 5.74) is 7.08. The molecular weight excluding hydrogens is 190 g/mol. The van der Waals surface area contributed by atoms with Crippen LogP contribution in [0.2, 0.25) is 0 Å². The van der Waals surface area contributed by atoms with Gasteiger partial charge in [-0.15, -0.1) is 0 Å². The van der Waals surface area contributed by atoms with Gasteiger partial charge in [0.15, 0.2) is 0 Å². The summed E-state index contributed by atoms with van der Waals surface area (Å²) in [4.78, 5) is 0. The molecule has 1 aliphatic rings. The number of hydrogen-bond acceptors (Lipinski definition) is 3. The number of methoxy groups -OCH3 is 1. The molecule has 3 nitrogen and oxygen atoms in total. The van der Waals surface area contributed by atoms with Gasteiger partial charge in [0, 0.05) is 18.1 Å². The van der Waals surface area contributed by atoms with E-state index in [0.717, 1.165) is 18.7 Å². The zero-order chi connectivity index (χ0) is 10.7. The first kappa shape index (κ1) is 10.7. The molecule has 0 spiro atoms. The average Bonchev–Trinajstić information content (AvgIpc) is 2.61. The van der Waals surface area contributed by atoms with Gasteiger partial charge in [-0.05, 0) is 31.9 Å². The Morgan fingerprint density at radius 2 is 2.33 bits per heavy atom. The minimum atomic E-state index is 0.214. The Balaban J connectivity index is 2.22. The van der Waals surface area contributed by atoms with Crippen molar-refractivity contribution in [2.24, 2.45) is 5.73 Å². The van der Waals surface area contributed by atoms with Gasteiger partial charge in [-0.3, -0.25) is 0 Å². The highest BCUT2D eigenvalue weighted by atomic mass is 16.5. The first-order chi connectivity index (χ1) is 7.32. The van der Waals surface area contributed by atoms with E-state index in [1.54, 1.807) is 13.4 Å². The predicted octanol–water partition coefficient (Wildman–Crippen LogP) is 2.20. The van der Waals surface area contributed by atoms with E-state index in [2.05, 4.69) is 0 Å². The van der Waals surface area contributed by atoms with Gasteiger partial charge in [0.05, 0.1) is 12.9 Å². The molecule has 1 fully saturated rings. The number of nitrogens with two attached hydrogens (primary N) is 1. The summed E-state index contributed by atoms with van der Waals surface area (Å²) in [5.74, 6) is 1.11. The summed E-state index contributed by atoms with van der Waals surface area (Å²) in [6.07, 6.45) is 6.48. The van der Waals surface area contributed by atoms with Gasteiger partial charge in [0.2, 0.25) is 0 Å². The summed E-state index contributed by atoms with van der Waals surface area (Å²) in [6, 6.07) is 2.01. The molecule has 1 aromatic rings. The van der Waals surface area contributed by atoms with Crippen molar-refractivity contribution in [3.8, 4) is 0 Å². The third-order valence-corrected chi connectivity index (χ3v) is 3.46. The third-order valence-electron chi connectivity index (χ3n) is 3.46. The van der Waals surface area contributed by atoms with Crippen LogP contribution in [0.5, 0.6) is 0 Å². The SMILES string of the molecule is COCc1ccoc1C1(CCN)CCC1. The third kappa shape index (κ3) is 1.82. The zero-order valence-corrected chi connectivity index (χ0v) is 9.29. The van der Waals surface area contributed by atoms with Crippen molar-refractivity contribution in [1.29, 1.82) is 0 Å². The second-order valence-electron chi connectivity index (χ2n) is 4.38. The van der Waals surface area contributed by atoms with Crippen LogP contribution in [0.4, 0.5) is 0 Å². The van der Waals surface area contributed by atoms with Crippen LogP contribution in [0.15, 0.2) is 16.7 Å². The van der Waals surface area contributed by atoms with Crippen molar-refractivity contribution in [3.05, 3.63) is 23.7 Å². The van der Waals surface area contributed by atoms with Gasteiger partial charge in [0.25, 0.3) is 0 Å². The molecule has 0 aromatic carbocycles. The Morgan fingerprint density at radius 1 is 1.53 bits per heavy atom. The van der Waals surface area contributed by atoms with E-state index in [-0.39, 0.29) is 5.41 Å². The van der Waals surface area contributed by atoms with Gasteiger partial charge in [-0.1, -0.05) is 6.42 Å². The highest BCUT2D eigenvalue weighted by molar-refractivity contribution is 5.27. The minimum Gasteiger partial charge on any atom is -0.468 e. The first-order valence-electron chi connectivity index (χ1n) is 5.58. The predicted molar refractivity (Wildman–Crippen MR) is 58.6 cm³/mol. The van der Waals surface area contributed by atoms with Crippen LogP contribution in [0, 0.1) is 0 Å². The van der Waals surface area contributed by atoms with Gasteiger partial charge in [0.1, 0.15) is 5.76 Å². The van der Waals surface area contributed by atoms with Crippen LogP contribution < -0.4 is 5.73 Å². The molecule has 3 heteroatoms. The number of furan rings is 1. The summed E-state index contributed by atoms with van der Waals surface area (Å²) < 4.78 is 10.8. The standard InChI is InChI=1S/C12H19NO2/c1-14-9-10-3-8-15-11(10)12(6-7-13)4-2-5-12/h3,8H,2,4-7,9,13H2,1H3. The van der Waals surface area contributed by atoms with E-state index in [9.17, 15) is 0 Å². The molecule has 0 bridgehead atoms. The fraction of sp³-hybridized carbons (Fsp3) is 0.667. The molecule has 2 N–H and O–H groups in total. The molecule has 0 aliphatic heterocycles. The molecule has 0 radical (unpaired) electrons. The van der Waals surface area contributed by atoms with Crippen molar-refractivity contribution in [3.63, 3.8) is 0 Å². The van der Waals surface area contributed by atoms with Gasteiger partial charge in [-0.25, -0.2) is 0 Å². The van der Waals surface area contributed by atoms with Crippen LogP contribution in [-0.4, -0.2) is 13.7 Å². The lowest BCUT2D eigenvalue weighted by Crippen LogP contribution is -2.36. The monoisotopic (exact) mass is 209 g/mol. The smallest absolute Gasteiger partial charge is 0.115 e. The normalized spacial score (nSPS) is 18.8. The summed E-state index contributed by atoms with van der Waals surface area (Å²) >= 11 is 0. The van der Waals surface area contributed by atoms with Crippen LogP contribution in [0.25, 0.3) is 0 Å². The molecule has 0 atom stereocenters. The van der Waals surface area contributed by atoms with Crippen LogP contribution >= 0.6 is 0 Å². The molecule has 1 aliphatic carbocycles. The molecule has 2 rings (SSSR count). The fourth-order valence-corrected chi connectivity index (χ4v) is 2.54. The molecule has 0 saturated heterocycles. The number of rotatable bonds is 5. The Hall–Kier alpha value is -0.800. The topological polar surface area (TPSA) is 48.4 Å². The van der Waals surface area contributed by atoms with Crippen molar-refractivity contribution >= 4 is 0 Å². The van der Waals surface area contributed by atoms with Gasteiger partial charge >= 0.3 is 0 Å². The summed E-state index contributed by atoms with van der Waals surface area (Å²) in [5, 5.41) is 0. The fourth-order valence-electron chi connectivity index (χ4n) is 2.54. The Kier molecular flexibility index (Phi) is 3.12. The van der Waals surface area contributed by atoms with Gasteiger partial charge < -0.3 is 14.9 Å². The first-order valence-corrected chi connectivity index (χ1v) is 5.58. The maximum Gasteiger partial charge on any atom is 0.115 e. The molecule has 1 heterocycles. The Bertz CT molecular complexity index is 315. The van der Waals surface area contributed by atoms with E-state index in [1.807, 2.05) is 6.07 Å². The minimum absolute atomic E-state index is 0.214. The van der Waals surface area contributed by atoms with E-state index in [4.69, 9.17) is 14.9 Å². The highest BCUT2D eigenvalue weighted by Gasteiger charge is 2.41. The van der Waals surface area contributed by atoms with Crippen LogP contribution in [0.1, 0.15) is 37.0 Å². The summed E-state index contributed by atoms with van der Waals surface area (Å²) in [6.45, 7) is 1.37. The van der Waals surface area contributed by atoms with Crippen molar-refractivity contribution in [2.75, 3.05) is 13.7 Å². The number of ether oxygens (including phenoxy) is 1. The van der Waals surface area contributed by atoms with Crippen molar-refractivity contribution < 1.29 is 9.15 Å². The maximum absolute atomic E-state index is 5.68. The molecule has 84 valence electrons. The van der Waals surface area contributed by atoms with E-state index in [1.165, 1.54) is 24.8 Å². The van der Waals surface area contributed by atoms with Gasteiger partial charge in [-0.2, -0.15) is 0 Å². The van der Waals surface area contributed by atoms with Crippen LogP contribution in [-0.2, 0) is 16.8 Å². The Labute approximate surface area is 90.6 Å². The summed E-state index contributed by atoms with van der Waals surface area (Å²) in [7, 11) is 1.72. The second-order valence-corrected chi connectivity index (χ2v) is 4.38. The number of hydrogen-bond donors (Lipinski definition) is 1. The second kappa shape index (κ2) is 4.37. The highest BCUT2D eigenvalue weighted by Crippen LogP contribution is 2.47. The van der Waals surface area contributed by atoms with Crippen molar-refractivity contribution in [2.45, 2.75) is 37.7 Å². The zero-order valence-electron chi connectivity index (χ0n) is 9.29. The lowest BCUT2D eigenvalue weighted by molar-refractivity contribution is 0.160. The molecule has 0 unspecified atom stereocenters. The maximum atomic E-state index is 5.68. The average molecular weight is 209 g/mol. The molecule has 15 heavy (non-hydrogen) atoms. The Morgan fingerprint density at radius 3 is 2.87 bits per heavy atom. The van der Waals surface area contributed by atoms with E-state index < -0.39 is 0 Å².